The average molecular weight is 330 g/mol. The van der Waals surface area contributed by atoms with Gasteiger partial charge in [0, 0.05) is 31.9 Å². The van der Waals surface area contributed by atoms with Crippen LogP contribution < -0.4 is 5.73 Å². The first-order valence-corrected chi connectivity index (χ1v) is 8.03. The fraction of sp³-hybridized carbons (Fsp3) is 0.533. The molecule has 1 aliphatic rings. The Morgan fingerprint density at radius 2 is 2.04 bits per heavy atom. The summed E-state index contributed by atoms with van der Waals surface area (Å²) >= 11 is 0. The summed E-state index contributed by atoms with van der Waals surface area (Å²) in [5, 5.41) is 6.70. The molecule has 9 nitrogen and oxygen atoms in total. The largest absolute Gasteiger partial charge is 0.368 e. The summed E-state index contributed by atoms with van der Waals surface area (Å²) < 4.78 is 0. The van der Waals surface area contributed by atoms with Gasteiger partial charge in [0.2, 0.25) is 5.95 Å². The number of piperazine rings is 1. The van der Waals surface area contributed by atoms with E-state index in [4.69, 9.17) is 5.73 Å². The first-order valence-electron chi connectivity index (χ1n) is 8.03. The number of aromatic amines is 1. The number of H-pyrrole nitrogens is 1. The highest BCUT2D eigenvalue weighted by Gasteiger charge is 2.24. The van der Waals surface area contributed by atoms with Crippen LogP contribution in [0.25, 0.3) is 0 Å². The number of nitrogens with one attached hydrogen (secondary N) is 1. The minimum absolute atomic E-state index is 0.0923. The Hall–Kier alpha value is -2.55. The van der Waals surface area contributed by atoms with Crippen molar-refractivity contribution in [1.82, 2.24) is 34.9 Å². The lowest BCUT2D eigenvalue weighted by molar-refractivity contribution is 0.0619. The average Bonchev–Trinajstić information content (AvgIpc) is 3.07. The van der Waals surface area contributed by atoms with Gasteiger partial charge in [-0.25, -0.2) is 15.0 Å². The van der Waals surface area contributed by atoms with E-state index in [0.29, 0.717) is 25.3 Å². The Labute approximate surface area is 140 Å². The molecule has 1 saturated heterocycles. The Morgan fingerprint density at radius 1 is 1.29 bits per heavy atom. The highest BCUT2D eigenvalue weighted by Crippen LogP contribution is 2.16. The zero-order chi connectivity index (χ0) is 17.1. The molecule has 3 N–H and O–H groups in total. The van der Waals surface area contributed by atoms with Crippen LogP contribution in [-0.2, 0) is 6.54 Å². The summed E-state index contributed by atoms with van der Waals surface area (Å²) in [5.74, 6) is 1.08. The summed E-state index contributed by atoms with van der Waals surface area (Å²) in [5.41, 5.74) is 6.90. The molecule has 0 spiro atoms. The molecule has 1 amide bonds. The Bertz CT molecular complexity index is 692. The highest BCUT2D eigenvalue weighted by atomic mass is 16.2. The van der Waals surface area contributed by atoms with Crippen molar-refractivity contribution in [2.24, 2.45) is 0 Å². The van der Waals surface area contributed by atoms with E-state index in [1.165, 1.54) is 6.33 Å². The molecule has 1 fully saturated rings. The van der Waals surface area contributed by atoms with E-state index in [9.17, 15) is 4.79 Å². The lowest BCUT2D eigenvalue weighted by Gasteiger charge is -2.34. The molecule has 0 aromatic carbocycles. The number of nitrogens with two attached hydrogens (primary N) is 1. The maximum atomic E-state index is 12.7. The van der Waals surface area contributed by atoms with E-state index in [0.717, 1.165) is 24.6 Å². The first kappa shape index (κ1) is 16.3. The second kappa shape index (κ2) is 6.91. The molecular formula is C15H22N8O. The standard InChI is InChI=1S/C15H22N8O/c1-10(2)11-7-12(20-15(16)19-11)14(24)23-5-3-22(4-6-23)8-13-17-9-18-21-13/h7,9-10H,3-6,8H2,1-2H3,(H2,16,19,20)(H,17,18,21). The first-order chi connectivity index (χ1) is 11.5. The van der Waals surface area contributed by atoms with Crippen LogP contribution in [0.5, 0.6) is 0 Å². The van der Waals surface area contributed by atoms with Gasteiger partial charge in [-0.2, -0.15) is 5.10 Å². The number of nitrogen functional groups attached to an aromatic ring is 1. The van der Waals surface area contributed by atoms with E-state index in [-0.39, 0.29) is 17.8 Å². The van der Waals surface area contributed by atoms with E-state index in [1.807, 2.05) is 18.7 Å². The van der Waals surface area contributed by atoms with Gasteiger partial charge in [-0.15, -0.1) is 0 Å². The minimum Gasteiger partial charge on any atom is -0.368 e. The third-order valence-electron chi connectivity index (χ3n) is 4.07. The summed E-state index contributed by atoms with van der Waals surface area (Å²) in [4.78, 5) is 29.2. The van der Waals surface area contributed by atoms with Gasteiger partial charge in [0.15, 0.2) is 0 Å². The van der Waals surface area contributed by atoms with Gasteiger partial charge in [0.1, 0.15) is 17.8 Å². The van der Waals surface area contributed by atoms with Crippen molar-refractivity contribution in [3.05, 3.63) is 29.6 Å². The lowest BCUT2D eigenvalue weighted by atomic mass is 10.1. The smallest absolute Gasteiger partial charge is 0.272 e. The number of anilines is 1. The zero-order valence-corrected chi connectivity index (χ0v) is 13.9. The molecule has 0 saturated carbocycles. The third kappa shape index (κ3) is 3.67. The number of rotatable bonds is 4. The summed E-state index contributed by atoms with van der Waals surface area (Å²) in [6.07, 6.45) is 1.50. The van der Waals surface area contributed by atoms with E-state index in [1.54, 1.807) is 6.07 Å². The predicted octanol–water partition coefficient (Wildman–Crippen LogP) is 0.258. The SMILES string of the molecule is CC(C)c1cc(C(=O)N2CCN(Cc3ncn[nH]3)CC2)nc(N)n1. The van der Waals surface area contributed by atoms with Crippen LogP contribution in [0.3, 0.4) is 0 Å². The molecule has 2 aromatic heterocycles. The fourth-order valence-corrected chi connectivity index (χ4v) is 2.68. The van der Waals surface area contributed by atoms with Gasteiger partial charge in [0.25, 0.3) is 5.91 Å². The topological polar surface area (TPSA) is 117 Å². The Kier molecular flexibility index (Phi) is 4.70. The number of carbonyl (C=O) groups excluding carboxylic acids is 1. The predicted molar refractivity (Wildman–Crippen MR) is 88.1 cm³/mol. The van der Waals surface area contributed by atoms with Gasteiger partial charge in [0.05, 0.1) is 6.54 Å². The maximum absolute atomic E-state index is 12.7. The maximum Gasteiger partial charge on any atom is 0.272 e. The second-order valence-electron chi connectivity index (χ2n) is 6.19. The van der Waals surface area contributed by atoms with Crippen LogP contribution in [0.15, 0.2) is 12.4 Å². The third-order valence-corrected chi connectivity index (χ3v) is 4.07. The molecule has 24 heavy (non-hydrogen) atoms. The van der Waals surface area contributed by atoms with Crippen molar-refractivity contribution in [3.63, 3.8) is 0 Å². The number of nitrogens with zero attached hydrogens (tertiary/aromatic N) is 6. The van der Waals surface area contributed by atoms with Crippen LogP contribution in [0, 0.1) is 0 Å². The molecule has 0 aliphatic carbocycles. The van der Waals surface area contributed by atoms with Crippen molar-refractivity contribution in [1.29, 1.82) is 0 Å². The Balaban J connectivity index is 1.63. The van der Waals surface area contributed by atoms with Crippen LogP contribution in [-0.4, -0.2) is 67.0 Å². The number of carbonyl (C=O) groups is 1. The molecule has 128 valence electrons. The van der Waals surface area contributed by atoms with E-state index in [2.05, 4.69) is 30.0 Å². The van der Waals surface area contributed by atoms with Gasteiger partial charge in [-0.05, 0) is 12.0 Å². The van der Waals surface area contributed by atoms with Crippen molar-refractivity contribution in [3.8, 4) is 0 Å². The molecule has 1 aliphatic heterocycles. The summed E-state index contributed by atoms with van der Waals surface area (Å²) in [6.45, 7) is 7.59. The Morgan fingerprint density at radius 3 is 2.67 bits per heavy atom. The lowest BCUT2D eigenvalue weighted by Crippen LogP contribution is -2.48. The van der Waals surface area contributed by atoms with Crippen LogP contribution in [0.2, 0.25) is 0 Å². The van der Waals surface area contributed by atoms with E-state index < -0.39 is 0 Å². The van der Waals surface area contributed by atoms with Crippen LogP contribution in [0.1, 0.15) is 41.8 Å². The van der Waals surface area contributed by atoms with Gasteiger partial charge in [-0.1, -0.05) is 13.8 Å². The van der Waals surface area contributed by atoms with Gasteiger partial charge in [-0.3, -0.25) is 14.8 Å². The van der Waals surface area contributed by atoms with Crippen molar-refractivity contribution >= 4 is 11.9 Å². The summed E-state index contributed by atoms with van der Waals surface area (Å²) in [7, 11) is 0. The molecule has 0 bridgehead atoms. The normalized spacial score (nSPS) is 15.9. The van der Waals surface area contributed by atoms with E-state index >= 15 is 0 Å². The van der Waals surface area contributed by atoms with Crippen LogP contribution in [0.4, 0.5) is 5.95 Å². The van der Waals surface area contributed by atoms with Gasteiger partial charge >= 0.3 is 0 Å². The van der Waals surface area contributed by atoms with Crippen molar-refractivity contribution in [2.45, 2.75) is 26.3 Å². The molecule has 0 atom stereocenters. The zero-order valence-electron chi connectivity index (χ0n) is 13.9. The molecule has 2 aromatic rings. The minimum atomic E-state index is -0.0923. The van der Waals surface area contributed by atoms with Gasteiger partial charge < -0.3 is 10.6 Å². The highest BCUT2D eigenvalue weighted by molar-refractivity contribution is 5.92. The molecular weight excluding hydrogens is 308 g/mol. The monoisotopic (exact) mass is 330 g/mol. The number of amides is 1. The van der Waals surface area contributed by atoms with Crippen molar-refractivity contribution in [2.75, 3.05) is 31.9 Å². The van der Waals surface area contributed by atoms with Crippen molar-refractivity contribution < 1.29 is 4.79 Å². The number of hydrogen-bond acceptors (Lipinski definition) is 7. The molecule has 0 unspecified atom stereocenters. The number of hydrogen-bond donors (Lipinski definition) is 2. The quantitative estimate of drug-likeness (QED) is 0.825. The second-order valence-corrected chi connectivity index (χ2v) is 6.19. The molecule has 9 heteroatoms. The fourth-order valence-electron chi connectivity index (χ4n) is 2.68. The molecule has 3 rings (SSSR count). The van der Waals surface area contributed by atoms with Crippen LogP contribution >= 0.6 is 0 Å². The number of aromatic nitrogens is 5. The molecule has 0 radical (unpaired) electrons. The summed E-state index contributed by atoms with van der Waals surface area (Å²) in [6, 6.07) is 1.74. The molecule has 3 heterocycles.